The molecule has 0 fully saturated rings. The van der Waals surface area contributed by atoms with E-state index >= 15 is 0 Å². The Bertz CT molecular complexity index is 540. The van der Waals surface area contributed by atoms with Gasteiger partial charge < -0.3 is 10.4 Å². The third-order valence-electron chi connectivity index (χ3n) is 2.27. The summed E-state index contributed by atoms with van der Waals surface area (Å²) in [5.41, 5.74) is 0.518. The molecule has 2 N–H and O–H groups in total. The van der Waals surface area contributed by atoms with Crippen molar-refractivity contribution in [1.29, 1.82) is 0 Å². The van der Waals surface area contributed by atoms with Gasteiger partial charge in [0, 0.05) is 14.0 Å². The third-order valence-corrected chi connectivity index (χ3v) is 2.27. The largest absolute Gasteiger partial charge is 0.508 e. The quantitative estimate of drug-likeness (QED) is 0.742. The molecule has 0 aromatic heterocycles. The highest BCUT2D eigenvalue weighted by Crippen LogP contribution is 2.22. The molecular formula is C12H11NO2. The molecule has 1 amide bonds. The molecule has 0 unspecified atom stereocenters. The van der Waals surface area contributed by atoms with E-state index in [1.165, 1.54) is 0 Å². The SMILES string of the molecule is [2H]CNC(=O)c1cccc2cc(O)ccc12. The van der Waals surface area contributed by atoms with Gasteiger partial charge in [0.15, 0.2) is 0 Å². The lowest BCUT2D eigenvalue weighted by Gasteiger charge is -2.05. The molecule has 0 atom stereocenters. The summed E-state index contributed by atoms with van der Waals surface area (Å²) in [6.07, 6.45) is 0. The highest BCUT2D eigenvalue weighted by atomic mass is 16.3. The zero-order valence-corrected chi connectivity index (χ0v) is 8.03. The smallest absolute Gasteiger partial charge is 0.251 e. The number of nitrogens with one attached hydrogen (secondary N) is 1. The molecule has 0 saturated carbocycles. The van der Waals surface area contributed by atoms with Gasteiger partial charge in [-0.05, 0) is 35.0 Å². The molecule has 0 bridgehead atoms. The number of carbonyl (C=O) groups is 1. The molecule has 2 rings (SSSR count). The molecule has 3 nitrogen and oxygen atoms in total. The van der Waals surface area contributed by atoms with Gasteiger partial charge in [-0.25, -0.2) is 0 Å². The van der Waals surface area contributed by atoms with Crippen LogP contribution in [-0.4, -0.2) is 18.0 Å². The van der Waals surface area contributed by atoms with Crippen LogP contribution in [0.1, 0.15) is 11.7 Å². The van der Waals surface area contributed by atoms with Crippen molar-refractivity contribution in [1.82, 2.24) is 5.32 Å². The number of phenols is 1. The Morgan fingerprint density at radius 3 is 3.07 bits per heavy atom. The summed E-state index contributed by atoms with van der Waals surface area (Å²) in [5.74, 6) is -0.100. The number of amides is 1. The summed E-state index contributed by atoms with van der Waals surface area (Å²) in [6.45, 7) is 0. The first-order valence-corrected chi connectivity index (χ1v) is 4.51. The second kappa shape index (κ2) is 3.61. The van der Waals surface area contributed by atoms with Crippen LogP contribution in [0.4, 0.5) is 0 Å². The first kappa shape index (κ1) is 8.29. The van der Waals surface area contributed by atoms with Crippen LogP contribution < -0.4 is 5.32 Å². The van der Waals surface area contributed by atoms with Gasteiger partial charge >= 0.3 is 0 Å². The first-order valence-electron chi connectivity index (χ1n) is 5.22. The summed E-state index contributed by atoms with van der Waals surface area (Å²) in [4.78, 5) is 11.6. The molecule has 0 heterocycles. The maximum absolute atomic E-state index is 11.6. The monoisotopic (exact) mass is 202 g/mol. The number of fused-ring (bicyclic) bond motifs is 1. The molecule has 3 heteroatoms. The van der Waals surface area contributed by atoms with Gasteiger partial charge in [0.2, 0.25) is 0 Å². The van der Waals surface area contributed by atoms with Crippen molar-refractivity contribution in [3.05, 3.63) is 42.0 Å². The Labute approximate surface area is 88.8 Å². The first-order chi connectivity index (χ1) is 7.72. The van der Waals surface area contributed by atoms with Crippen molar-refractivity contribution in [2.24, 2.45) is 0 Å². The van der Waals surface area contributed by atoms with Crippen LogP contribution in [0.15, 0.2) is 36.4 Å². The van der Waals surface area contributed by atoms with E-state index in [0.717, 1.165) is 10.8 Å². The van der Waals surface area contributed by atoms with Crippen molar-refractivity contribution in [2.45, 2.75) is 0 Å². The lowest BCUT2D eigenvalue weighted by molar-refractivity contribution is 0.0964. The van der Waals surface area contributed by atoms with Crippen LogP contribution in [0.3, 0.4) is 0 Å². The van der Waals surface area contributed by atoms with E-state index in [4.69, 9.17) is 1.37 Å². The molecular weight excluding hydrogens is 190 g/mol. The minimum absolute atomic E-state index is 0.146. The minimum atomic E-state index is -0.272. The van der Waals surface area contributed by atoms with Gasteiger partial charge in [-0.1, -0.05) is 12.1 Å². The molecule has 2 aromatic rings. The van der Waals surface area contributed by atoms with E-state index in [2.05, 4.69) is 5.32 Å². The van der Waals surface area contributed by atoms with Gasteiger partial charge in [-0.3, -0.25) is 4.79 Å². The van der Waals surface area contributed by atoms with E-state index < -0.39 is 0 Å². The van der Waals surface area contributed by atoms with Crippen molar-refractivity contribution >= 4 is 16.7 Å². The summed E-state index contributed by atoms with van der Waals surface area (Å²) in [5, 5.41) is 13.3. The Kier molecular flexibility index (Phi) is 2.00. The van der Waals surface area contributed by atoms with Crippen molar-refractivity contribution in [2.75, 3.05) is 7.02 Å². The average molecular weight is 202 g/mol. The Morgan fingerprint density at radius 2 is 2.27 bits per heavy atom. The molecule has 0 aliphatic heterocycles. The fraction of sp³-hybridized carbons (Fsp3) is 0.0833. The molecule has 0 saturated heterocycles. The lowest BCUT2D eigenvalue weighted by Crippen LogP contribution is -2.17. The molecule has 0 aliphatic rings. The van der Waals surface area contributed by atoms with Crippen LogP contribution >= 0.6 is 0 Å². The Balaban J connectivity index is 2.58. The van der Waals surface area contributed by atoms with Gasteiger partial charge in [0.1, 0.15) is 5.75 Å². The number of benzene rings is 2. The Morgan fingerprint density at radius 1 is 1.40 bits per heavy atom. The number of hydrogen-bond acceptors (Lipinski definition) is 2. The number of carbonyl (C=O) groups excluding carboxylic acids is 1. The topological polar surface area (TPSA) is 49.3 Å². The van der Waals surface area contributed by atoms with Crippen LogP contribution in [0, 0.1) is 0 Å². The molecule has 0 radical (unpaired) electrons. The van der Waals surface area contributed by atoms with Gasteiger partial charge in [0.25, 0.3) is 5.91 Å². The maximum Gasteiger partial charge on any atom is 0.251 e. The predicted octanol–water partition coefficient (Wildman–Crippen LogP) is 1.91. The van der Waals surface area contributed by atoms with Gasteiger partial charge in [-0.2, -0.15) is 0 Å². The van der Waals surface area contributed by atoms with Crippen molar-refractivity contribution < 1.29 is 11.3 Å². The normalized spacial score (nSPS) is 11.1. The molecule has 76 valence electrons. The van der Waals surface area contributed by atoms with Crippen molar-refractivity contribution in [3.8, 4) is 5.75 Å². The van der Waals surface area contributed by atoms with Crippen LogP contribution in [-0.2, 0) is 0 Å². The van der Waals surface area contributed by atoms with E-state index in [9.17, 15) is 9.90 Å². The highest BCUT2D eigenvalue weighted by Gasteiger charge is 2.07. The second-order valence-corrected chi connectivity index (χ2v) is 3.22. The fourth-order valence-electron chi connectivity index (χ4n) is 1.56. The minimum Gasteiger partial charge on any atom is -0.508 e. The summed E-state index contributed by atoms with van der Waals surface area (Å²) in [7, 11) is -0.146. The van der Waals surface area contributed by atoms with Crippen molar-refractivity contribution in [3.63, 3.8) is 0 Å². The zero-order valence-electron chi connectivity index (χ0n) is 9.03. The van der Waals surface area contributed by atoms with E-state index in [-0.39, 0.29) is 18.7 Å². The van der Waals surface area contributed by atoms with Crippen LogP contribution in [0.5, 0.6) is 5.75 Å². The number of aromatic hydroxyl groups is 1. The number of phenolic OH excluding ortho intramolecular Hbond substituents is 1. The third kappa shape index (κ3) is 1.64. The predicted molar refractivity (Wildman–Crippen MR) is 59.0 cm³/mol. The van der Waals surface area contributed by atoms with Crippen LogP contribution in [0.2, 0.25) is 0 Å². The fourth-order valence-corrected chi connectivity index (χ4v) is 1.56. The second-order valence-electron chi connectivity index (χ2n) is 3.22. The summed E-state index contributed by atoms with van der Waals surface area (Å²) >= 11 is 0. The average Bonchev–Trinajstić information content (AvgIpc) is 2.28. The lowest BCUT2D eigenvalue weighted by atomic mass is 10.0. The van der Waals surface area contributed by atoms with E-state index in [1.807, 2.05) is 6.07 Å². The van der Waals surface area contributed by atoms with E-state index in [1.54, 1.807) is 30.3 Å². The van der Waals surface area contributed by atoms with Crippen LogP contribution in [0.25, 0.3) is 10.8 Å². The maximum atomic E-state index is 11.6. The number of hydrogen-bond donors (Lipinski definition) is 2. The summed E-state index contributed by atoms with van der Waals surface area (Å²) in [6, 6.07) is 10.1. The molecule has 2 aromatic carbocycles. The Hall–Kier alpha value is -2.03. The van der Waals surface area contributed by atoms with Gasteiger partial charge in [-0.15, -0.1) is 0 Å². The molecule has 0 spiro atoms. The van der Waals surface area contributed by atoms with E-state index in [0.29, 0.717) is 5.56 Å². The van der Waals surface area contributed by atoms with Gasteiger partial charge in [0.05, 0.1) is 0 Å². The zero-order chi connectivity index (χ0) is 11.5. The standard InChI is InChI=1S/C12H11NO2/c1-13-12(15)11-4-2-3-8-7-9(14)5-6-10(8)11/h2-7,14H,1H3,(H,13,15)/i1D. The summed E-state index contributed by atoms with van der Waals surface area (Å²) < 4.78 is 6.95. The molecule has 15 heavy (non-hydrogen) atoms. The molecule has 0 aliphatic carbocycles. The number of rotatable bonds is 1. The highest BCUT2D eigenvalue weighted by molar-refractivity contribution is 6.07.